The number of hydrogen-bond acceptors (Lipinski definition) is 4. The molecule has 4 rings (SSSR count). The van der Waals surface area contributed by atoms with E-state index in [1.54, 1.807) is 4.90 Å². The normalized spacial score (nSPS) is 17.3. The van der Waals surface area contributed by atoms with E-state index >= 15 is 0 Å². The van der Waals surface area contributed by atoms with Crippen molar-refractivity contribution in [2.24, 2.45) is 0 Å². The number of anilines is 1. The van der Waals surface area contributed by atoms with Gasteiger partial charge in [-0.2, -0.15) is 0 Å². The molecule has 0 atom stereocenters. The van der Waals surface area contributed by atoms with Crippen LogP contribution in [0.15, 0.2) is 18.3 Å². The van der Waals surface area contributed by atoms with Crippen molar-refractivity contribution in [2.75, 3.05) is 37.7 Å². The zero-order chi connectivity index (χ0) is 18.3. The van der Waals surface area contributed by atoms with Gasteiger partial charge >= 0.3 is 0 Å². The molecule has 1 aromatic carbocycles. The van der Waals surface area contributed by atoms with Crippen LogP contribution in [0.4, 0.5) is 18.9 Å². The molecular weight excluding hydrogens is 349 g/mol. The van der Waals surface area contributed by atoms with Crippen molar-refractivity contribution in [3.05, 3.63) is 47.3 Å². The number of rotatable bonds is 2. The summed E-state index contributed by atoms with van der Waals surface area (Å²) in [4.78, 5) is 20.1. The first kappa shape index (κ1) is 16.9. The van der Waals surface area contributed by atoms with Crippen LogP contribution in [0.25, 0.3) is 0 Å². The van der Waals surface area contributed by atoms with Gasteiger partial charge in [-0.1, -0.05) is 0 Å². The standard InChI is InChI=1S/C17H17F3N4O2/c18-11-7-12(19)16(13(20)8-11)22-1-3-23(4-2-22)17(25)14-9-21-15-10-26-6-5-24(14)15/h7-9H,1-6,10H2. The van der Waals surface area contributed by atoms with Crippen molar-refractivity contribution >= 4 is 11.6 Å². The molecule has 3 heterocycles. The van der Waals surface area contributed by atoms with Crippen molar-refractivity contribution in [2.45, 2.75) is 13.2 Å². The fraction of sp³-hybridized carbons (Fsp3) is 0.412. The van der Waals surface area contributed by atoms with Crippen LogP contribution in [0.2, 0.25) is 0 Å². The number of ether oxygens (including phenoxy) is 1. The lowest BCUT2D eigenvalue weighted by Crippen LogP contribution is -2.49. The van der Waals surface area contributed by atoms with E-state index in [1.165, 1.54) is 11.1 Å². The summed E-state index contributed by atoms with van der Waals surface area (Å²) in [6.45, 7) is 2.62. The first-order valence-corrected chi connectivity index (χ1v) is 8.35. The SMILES string of the molecule is O=C(c1cnc2n1CCOC2)N1CCN(c2c(F)cc(F)cc2F)CC1. The molecule has 1 amide bonds. The number of benzene rings is 1. The third-order valence-electron chi connectivity index (χ3n) is 4.71. The second kappa shape index (κ2) is 6.64. The Kier molecular flexibility index (Phi) is 4.31. The average Bonchev–Trinajstić information content (AvgIpc) is 3.05. The molecule has 26 heavy (non-hydrogen) atoms. The molecule has 9 heteroatoms. The van der Waals surface area contributed by atoms with Crippen molar-refractivity contribution in [1.29, 1.82) is 0 Å². The molecule has 6 nitrogen and oxygen atoms in total. The molecule has 0 unspecified atom stereocenters. The average molecular weight is 366 g/mol. The van der Waals surface area contributed by atoms with Crippen molar-refractivity contribution in [1.82, 2.24) is 14.5 Å². The van der Waals surface area contributed by atoms with Crippen LogP contribution in [0.5, 0.6) is 0 Å². The van der Waals surface area contributed by atoms with E-state index in [0.717, 1.165) is 0 Å². The predicted octanol–water partition coefficient (Wildman–Crippen LogP) is 1.79. The number of hydrogen-bond donors (Lipinski definition) is 0. The molecular formula is C17H17F3N4O2. The van der Waals surface area contributed by atoms with E-state index in [-0.39, 0.29) is 24.7 Å². The van der Waals surface area contributed by atoms with Crippen LogP contribution in [-0.4, -0.2) is 53.1 Å². The predicted molar refractivity (Wildman–Crippen MR) is 86.3 cm³/mol. The molecule has 1 aromatic heterocycles. The van der Waals surface area contributed by atoms with E-state index in [9.17, 15) is 18.0 Å². The Morgan fingerprint density at radius 2 is 1.73 bits per heavy atom. The summed E-state index contributed by atoms with van der Waals surface area (Å²) in [5, 5.41) is 0. The molecule has 0 saturated carbocycles. The van der Waals surface area contributed by atoms with Gasteiger partial charge in [0.1, 0.15) is 29.6 Å². The first-order valence-electron chi connectivity index (χ1n) is 8.35. The van der Waals surface area contributed by atoms with Gasteiger partial charge in [-0.05, 0) is 0 Å². The number of aromatic nitrogens is 2. The second-order valence-corrected chi connectivity index (χ2v) is 6.26. The van der Waals surface area contributed by atoms with Crippen LogP contribution in [0, 0.1) is 17.5 Å². The van der Waals surface area contributed by atoms with E-state index in [0.29, 0.717) is 56.5 Å². The molecule has 0 N–H and O–H groups in total. The summed E-state index contributed by atoms with van der Waals surface area (Å²) in [5.41, 5.74) is 0.244. The number of carbonyl (C=O) groups excluding carboxylic acids is 1. The maximum atomic E-state index is 13.9. The van der Waals surface area contributed by atoms with Crippen LogP contribution in [0.3, 0.4) is 0 Å². The van der Waals surface area contributed by atoms with Crippen molar-refractivity contribution in [3.8, 4) is 0 Å². The number of carbonyl (C=O) groups is 1. The Morgan fingerprint density at radius 1 is 1.04 bits per heavy atom. The van der Waals surface area contributed by atoms with E-state index < -0.39 is 17.5 Å². The van der Waals surface area contributed by atoms with Gasteiger partial charge in [-0.3, -0.25) is 4.79 Å². The maximum Gasteiger partial charge on any atom is 0.272 e. The van der Waals surface area contributed by atoms with Crippen molar-refractivity contribution < 1.29 is 22.7 Å². The Balaban J connectivity index is 1.47. The van der Waals surface area contributed by atoms with E-state index in [2.05, 4.69) is 4.98 Å². The van der Waals surface area contributed by atoms with Crippen molar-refractivity contribution in [3.63, 3.8) is 0 Å². The van der Waals surface area contributed by atoms with Crippen LogP contribution in [-0.2, 0) is 17.9 Å². The third kappa shape index (κ3) is 2.92. The summed E-state index contributed by atoms with van der Waals surface area (Å²) in [6, 6.07) is 1.33. The highest BCUT2D eigenvalue weighted by atomic mass is 19.1. The monoisotopic (exact) mass is 366 g/mol. The largest absolute Gasteiger partial charge is 0.372 e. The lowest BCUT2D eigenvalue weighted by Gasteiger charge is -2.36. The highest BCUT2D eigenvalue weighted by molar-refractivity contribution is 5.92. The lowest BCUT2D eigenvalue weighted by atomic mass is 10.2. The number of halogens is 3. The molecule has 1 fully saturated rings. The Labute approximate surface area is 147 Å². The molecule has 0 bridgehead atoms. The third-order valence-corrected chi connectivity index (χ3v) is 4.71. The Bertz CT molecular complexity index is 824. The fourth-order valence-corrected chi connectivity index (χ4v) is 3.40. The van der Waals surface area contributed by atoms with Crippen LogP contribution >= 0.6 is 0 Å². The summed E-state index contributed by atoms with van der Waals surface area (Å²) in [7, 11) is 0. The summed E-state index contributed by atoms with van der Waals surface area (Å²) in [6.07, 6.45) is 1.54. The quantitative estimate of drug-likeness (QED) is 0.813. The maximum absolute atomic E-state index is 13.9. The van der Waals surface area contributed by atoms with Gasteiger partial charge in [0.05, 0.1) is 12.8 Å². The highest BCUT2D eigenvalue weighted by Gasteiger charge is 2.28. The minimum atomic E-state index is -0.952. The van der Waals surface area contributed by atoms with Gasteiger partial charge in [0.2, 0.25) is 0 Å². The van der Waals surface area contributed by atoms with E-state index in [1.807, 2.05) is 4.57 Å². The zero-order valence-corrected chi connectivity index (χ0v) is 13.9. The van der Waals surface area contributed by atoms with Gasteiger partial charge in [-0.15, -0.1) is 0 Å². The summed E-state index contributed by atoms with van der Waals surface area (Å²) in [5.74, 6) is -2.27. The number of nitrogens with zero attached hydrogens (tertiary/aromatic N) is 4. The zero-order valence-electron chi connectivity index (χ0n) is 13.9. The molecule has 138 valence electrons. The Hall–Kier alpha value is -2.55. The van der Waals surface area contributed by atoms with Crippen LogP contribution < -0.4 is 4.90 Å². The number of fused-ring (bicyclic) bond motifs is 1. The second-order valence-electron chi connectivity index (χ2n) is 6.26. The number of piperazine rings is 1. The highest BCUT2D eigenvalue weighted by Crippen LogP contribution is 2.26. The van der Waals surface area contributed by atoms with Gasteiger partial charge < -0.3 is 19.1 Å². The molecule has 2 aliphatic rings. The van der Waals surface area contributed by atoms with E-state index in [4.69, 9.17) is 4.74 Å². The van der Waals surface area contributed by atoms with Gasteiger partial charge in [0, 0.05) is 44.9 Å². The molecule has 2 aromatic rings. The molecule has 0 radical (unpaired) electrons. The molecule has 2 aliphatic heterocycles. The fourth-order valence-electron chi connectivity index (χ4n) is 3.40. The minimum Gasteiger partial charge on any atom is -0.372 e. The topological polar surface area (TPSA) is 50.6 Å². The first-order chi connectivity index (χ1) is 12.5. The Morgan fingerprint density at radius 3 is 2.42 bits per heavy atom. The summed E-state index contributed by atoms with van der Waals surface area (Å²) >= 11 is 0. The van der Waals surface area contributed by atoms with Crippen LogP contribution in [0.1, 0.15) is 16.3 Å². The lowest BCUT2D eigenvalue weighted by molar-refractivity contribution is 0.0682. The summed E-state index contributed by atoms with van der Waals surface area (Å²) < 4.78 is 48.1. The van der Waals surface area contributed by atoms with Gasteiger partial charge in [-0.25, -0.2) is 18.2 Å². The minimum absolute atomic E-state index is 0.162. The molecule has 0 aliphatic carbocycles. The molecule has 0 spiro atoms. The van der Waals surface area contributed by atoms with Gasteiger partial charge in [0.25, 0.3) is 5.91 Å². The van der Waals surface area contributed by atoms with Gasteiger partial charge in [0.15, 0.2) is 11.6 Å². The number of imidazole rings is 1. The molecule has 1 saturated heterocycles. The smallest absolute Gasteiger partial charge is 0.272 e. The number of amides is 1.